The van der Waals surface area contributed by atoms with Gasteiger partial charge in [0.1, 0.15) is 0 Å². The predicted molar refractivity (Wildman–Crippen MR) is 96.8 cm³/mol. The highest BCUT2D eigenvalue weighted by Gasteiger charge is 2.12. The van der Waals surface area contributed by atoms with E-state index in [0.29, 0.717) is 0 Å². The Balaban J connectivity index is 3.20. The average molecular weight is 276 g/mol. The van der Waals surface area contributed by atoms with Gasteiger partial charge in [-0.25, -0.2) is 0 Å². The van der Waals surface area contributed by atoms with Gasteiger partial charge in [-0.2, -0.15) is 0 Å². The molecule has 0 saturated carbocycles. The molecule has 0 atom stereocenters. The van der Waals surface area contributed by atoms with E-state index in [1.165, 1.54) is 43.5 Å². The Labute approximate surface area is 127 Å². The molecule has 0 saturated heterocycles. The summed E-state index contributed by atoms with van der Waals surface area (Å²) < 4.78 is 0. The molecule has 0 aliphatic heterocycles. The van der Waals surface area contributed by atoms with Crippen LogP contribution < -0.4 is 10.4 Å². The van der Waals surface area contributed by atoms with Gasteiger partial charge in [0, 0.05) is 0 Å². The first-order chi connectivity index (χ1) is 10.1. The van der Waals surface area contributed by atoms with Crippen LogP contribution in [0.3, 0.4) is 0 Å². The minimum atomic E-state index is 1.21. The Morgan fingerprint density at radius 1 is 1.00 bits per heavy atom. The van der Waals surface area contributed by atoms with Crippen LogP contribution in [-0.4, -0.2) is 0 Å². The quantitative estimate of drug-likeness (QED) is 0.701. The molecule has 0 radical (unpaired) electrons. The molecule has 0 nitrogen and oxygen atoms in total. The Bertz CT molecular complexity index is 846. The van der Waals surface area contributed by atoms with Gasteiger partial charge in [0.15, 0.2) is 0 Å². The zero-order chi connectivity index (χ0) is 15.6. The molecule has 0 N–H and O–H groups in total. The maximum absolute atomic E-state index is 3.98. The molecule has 2 aromatic carbocycles. The van der Waals surface area contributed by atoms with Crippen molar-refractivity contribution in [2.75, 3.05) is 0 Å². The van der Waals surface area contributed by atoms with Crippen LogP contribution in [0.4, 0.5) is 0 Å². The molecule has 0 aromatic heterocycles. The Kier molecular flexibility index (Phi) is 4.47. The summed E-state index contributed by atoms with van der Waals surface area (Å²) >= 11 is 0. The van der Waals surface area contributed by atoms with Gasteiger partial charge in [0.05, 0.1) is 0 Å². The van der Waals surface area contributed by atoms with E-state index in [9.17, 15) is 0 Å². The van der Waals surface area contributed by atoms with Crippen molar-refractivity contribution < 1.29 is 0 Å². The van der Waals surface area contributed by atoms with Gasteiger partial charge in [-0.1, -0.05) is 49.1 Å². The molecule has 2 aromatic rings. The highest BCUT2D eigenvalue weighted by atomic mass is 14.2. The molecule has 21 heavy (non-hydrogen) atoms. The van der Waals surface area contributed by atoms with Crippen molar-refractivity contribution in [2.45, 2.75) is 34.6 Å². The summed E-state index contributed by atoms with van der Waals surface area (Å²) in [5.74, 6) is 0. The molecule has 0 heteroatoms. The van der Waals surface area contributed by atoms with E-state index in [1.807, 2.05) is 6.08 Å². The van der Waals surface area contributed by atoms with Crippen LogP contribution in [0.25, 0.3) is 28.5 Å². The smallest absolute Gasteiger partial charge is 0.00765 e. The normalized spacial score (nSPS) is 14.0. The van der Waals surface area contributed by atoms with Crippen LogP contribution >= 0.6 is 0 Å². The second kappa shape index (κ2) is 6.13. The summed E-state index contributed by atoms with van der Waals surface area (Å²) in [4.78, 5) is 0. The van der Waals surface area contributed by atoms with Crippen molar-refractivity contribution in [2.24, 2.45) is 0 Å². The van der Waals surface area contributed by atoms with Crippen LogP contribution in [0.1, 0.15) is 37.5 Å². The second-order valence-corrected chi connectivity index (χ2v) is 5.33. The molecule has 0 heterocycles. The predicted octanol–water partition coefficient (Wildman–Crippen LogP) is 4.65. The lowest BCUT2D eigenvalue weighted by Gasteiger charge is -2.16. The molecule has 108 valence electrons. The number of hydrogen-bond donors (Lipinski definition) is 0. The largest absolute Gasteiger partial charge is 0.0985 e. The van der Waals surface area contributed by atoms with E-state index >= 15 is 0 Å². The average Bonchev–Trinajstić information content (AvgIpc) is 2.52. The van der Waals surface area contributed by atoms with Crippen LogP contribution in [-0.2, 0) is 0 Å². The third-order valence-electron chi connectivity index (χ3n) is 4.39. The van der Waals surface area contributed by atoms with E-state index in [4.69, 9.17) is 0 Å². The number of fused-ring (bicyclic) bond motifs is 1. The molecule has 0 amide bonds. The highest BCUT2D eigenvalue weighted by Crippen LogP contribution is 2.24. The molecular formula is C21H24. The standard InChI is InChI=1S/C21H24/c1-7-16(8-2)20-14(5)15(6)21-17(9-3)12-11-13-19(21)18(20)10-4/h7-13H,1H2,2-6H3/b16-8-,17-9-,18-10-. The fourth-order valence-electron chi connectivity index (χ4n) is 3.20. The first kappa shape index (κ1) is 15.3. The van der Waals surface area contributed by atoms with E-state index in [0.717, 1.165) is 0 Å². The molecule has 0 fully saturated rings. The highest BCUT2D eigenvalue weighted by molar-refractivity contribution is 5.93. The number of allylic oxidation sites excluding steroid dienone is 3. The SMILES string of the molecule is C=C/C(=C/C)c1c(C)c(C)c2/c(=C\C)cccc2/c1=C/C. The van der Waals surface area contributed by atoms with Crippen LogP contribution in [0.15, 0.2) is 36.9 Å². The van der Waals surface area contributed by atoms with Crippen molar-refractivity contribution in [3.8, 4) is 0 Å². The third-order valence-corrected chi connectivity index (χ3v) is 4.39. The summed E-state index contributed by atoms with van der Waals surface area (Å²) in [6, 6.07) is 6.56. The zero-order valence-electron chi connectivity index (χ0n) is 13.7. The van der Waals surface area contributed by atoms with E-state index < -0.39 is 0 Å². The van der Waals surface area contributed by atoms with Crippen molar-refractivity contribution in [3.63, 3.8) is 0 Å². The van der Waals surface area contributed by atoms with Crippen LogP contribution in [0, 0.1) is 13.8 Å². The van der Waals surface area contributed by atoms with Gasteiger partial charge in [-0.05, 0) is 78.1 Å². The zero-order valence-corrected chi connectivity index (χ0v) is 13.7. The van der Waals surface area contributed by atoms with E-state index in [2.05, 4.69) is 77.6 Å². The first-order valence-electron chi connectivity index (χ1n) is 7.54. The lowest BCUT2D eigenvalue weighted by Crippen LogP contribution is -2.17. The lowest BCUT2D eigenvalue weighted by molar-refractivity contribution is 1.32. The third kappa shape index (κ3) is 2.35. The van der Waals surface area contributed by atoms with Crippen molar-refractivity contribution in [1.82, 2.24) is 0 Å². The van der Waals surface area contributed by atoms with E-state index in [1.54, 1.807) is 0 Å². The summed E-state index contributed by atoms with van der Waals surface area (Å²) in [6.07, 6.45) is 8.51. The molecular weight excluding hydrogens is 252 g/mol. The van der Waals surface area contributed by atoms with Gasteiger partial charge in [0.2, 0.25) is 0 Å². The van der Waals surface area contributed by atoms with Crippen LogP contribution in [0.5, 0.6) is 0 Å². The van der Waals surface area contributed by atoms with Crippen molar-refractivity contribution in [3.05, 3.63) is 64.1 Å². The molecule has 0 unspecified atom stereocenters. The molecule has 0 aliphatic rings. The van der Waals surface area contributed by atoms with Crippen molar-refractivity contribution >= 4 is 28.5 Å². The number of benzene rings is 2. The lowest BCUT2D eigenvalue weighted by atomic mass is 9.88. The topological polar surface area (TPSA) is 0 Å². The molecule has 2 rings (SSSR count). The number of rotatable bonds is 2. The number of aryl methyl sites for hydroxylation is 1. The molecule has 0 bridgehead atoms. The summed E-state index contributed by atoms with van der Waals surface area (Å²) in [5, 5.41) is 5.31. The Hall–Kier alpha value is -2.08. The van der Waals surface area contributed by atoms with E-state index in [-0.39, 0.29) is 0 Å². The molecule has 0 spiro atoms. The molecule has 0 aliphatic carbocycles. The van der Waals surface area contributed by atoms with Crippen LogP contribution in [0.2, 0.25) is 0 Å². The maximum atomic E-state index is 3.98. The van der Waals surface area contributed by atoms with Gasteiger partial charge in [-0.15, -0.1) is 0 Å². The summed E-state index contributed by atoms with van der Waals surface area (Å²) in [5.41, 5.74) is 5.23. The van der Waals surface area contributed by atoms with Gasteiger partial charge >= 0.3 is 0 Å². The second-order valence-electron chi connectivity index (χ2n) is 5.33. The fraction of sp³-hybridized carbons (Fsp3) is 0.238. The minimum Gasteiger partial charge on any atom is -0.0985 e. The van der Waals surface area contributed by atoms with Crippen molar-refractivity contribution in [1.29, 1.82) is 0 Å². The Morgan fingerprint density at radius 2 is 1.71 bits per heavy atom. The summed E-state index contributed by atoms with van der Waals surface area (Å²) in [7, 11) is 0. The minimum absolute atomic E-state index is 1.21. The Morgan fingerprint density at radius 3 is 2.24 bits per heavy atom. The fourth-order valence-corrected chi connectivity index (χ4v) is 3.20. The maximum Gasteiger partial charge on any atom is -0.00765 e. The first-order valence-corrected chi connectivity index (χ1v) is 7.54. The van der Waals surface area contributed by atoms with Gasteiger partial charge < -0.3 is 0 Å². The van der Waals surface area contributed by atoms with Gasteiger partial charge in [-0.3, -0.25) is 0 Å². The number of hydrogen-bond acceptors (Lipinski definition) is 0. The van der Waals surface area contributed by atoms with Gasteiger partial charge in [0.25, 0.3) is 0 Å². The monoisotopic (exact) mass is 276 g/mol. The summed E-state index contributed by atoms with van der Waals surface area (Å²) in [6.45, 7) is 14.7.